The molecule has 0 aromatic heterocycles. The molecule has 0 amide bonds. The average Bonchev–Trinajstić information content (AvgIpc) is 2.76. The number of rotatable bonds is 7. The minimum atomic E-state index is -4.05. The summed E-state index contributed by atoms with van der Waals surface area (Å²) in [5, 5.41) is 11.2. The number of allylic oxidation sites excluding steroid dienone is 1. The lowest BCUT2D eigenvalue weighted by Crippen LogP contribution is -2.49. The van der Waals surface area contributed by atoms with Crippen LogP contribution in [0.4, 0.5) is 0 Å². The van der Waals surface area contributed by atoms with E-state index in [-0.39, 0.29) is 22.5 Å². The third kappa shape index (κ3) is 4.76. The van der Waals surface area contributed by atoms with Gasteiger partial charge in [0, 0.05) is 17.4 Å². The van der Waals surface area contributed by atoms with E-state index in [9.17, 15) is 13.5 Å². The quantitative estimate of drug-likeness (QED) is 0.293. The molecular weight excluding hydrogens is 448 g/mol. The summed E-state index contributed by atoms with van der Waals surface area (Å²) in [7, 11) is -4.05. The van der Waals surface area contributed by atoms with Crippen molar-refractivity contribution in [1.29, 1.82) is 0 Å². The summed E-state index contributed by atoms with van der Waals surface area (Å²) in [5.41, 5.74) is 2.99. The lowest BCUT2D eigenvalue weighted by atomic mass is 9.66. The van der Waals surface area contributed by atoms with Crippen molar-refractivity contribution in [3.05, 3.63) is 64.7 Å². The Hall–Kier alpha value is -2.31. The lowest BCUT2D eigenvalue weighted by molar-refractivity contribution is -0.0207. The molecule has 2 aromatic carbocycles. The number of aliphatic hydroxyl groups excluding tert-OH is 1. The molecule has 5 nitrogen and oxygen atoms in total. The predicted octanol–water partition coefficient (Wildman–Crippen LogP) is 6.08. The van der Waals surface area contributed by atoms with Crippen LogP contribution in [0.2, 0.25) is 0 Å². The topological polar surface area (TPSA) is 72.8 Å². The number of aliphatic hydroxyl groups is 1. The summed E-state index contributed by atoms with van der Waals surface area (Å²) >= 11 is 0. The first-order valence-corrected chi connectivity index (χ1v) is 13.7. The summed E-state index contributed by atoms with van der Waals surface area (Å²) in [6.45, 7) is 10.1. The van der Waals surface area contributed by atoms with Gasteiger partial charge in [-0.2, -0.15) is 8.42 Å². The van der Waals surface area contributed by atoms with Gasteiger partial charge in [-0.15, -0.1) is 0 Å². The number of hydrogen-bond donors (Lipinski definition) is 1. The molecule has 3 atom stereocenters. The Labute approximate surface area is 203 Å². The standard InChI is InChI=1S/C28H36O5S/c1-6-7-8-9-20-16-23-26(25-22(28(4,5)32-23)15-12-19(3)27(25)29)24(17-20)33-34(30,31)21-13-10-18(2)11-14-21/h10-14,16-17,22,25,27,29H,6-9,15H2,1-5H3/t22-,25-,27-/m1/s1. The van der Waals surface area contributed by atoms with Gasteiger partial charge in [0.05, 0.1) is 6.10 Å². The molecule has 0 spiro atoms. The van der Waals surface area contributed by atoms with Crippen LogP contribution in [0.15, 0.2) is 52.9 Å². The summed E-state index contributed by atoms with van der Waals surface area (Å²) in [6, 6.07) is 10.5. The van der Waals surface area contributed by atoms with Crippen LogP contribution in [0.1, 0.15) is 76.0 Å². The Morgan fingerprint density at radius 1 is 1.12 bits per heavy atom. The second kappa shape index (κ2) is 9.38. The van der Waals surface area contributed by atoms with Crippen LogP contribution in [0.25, 0.3) is 0 Å². The first kappa shape index (κ1) is 24.8. The van der Waals surface area contributed by atoms with E-state index in [0.717, 1.165) is 48.8 Å². The number of ether oxygens (including phenoxy) is 1. The summed E-state index contributed by atoms with van der Waals surface area (Å²) < 4.78 is 38.8. The molecule has 1 N–H and O–H groups in total. The van der Waals surface area contributed by atoms with Gasteiger partial charge in [-0.3, -0.25) is 0 Å². The molecule has 0 saturated heterocycles. The van der Waals surface area contributed by atoms with Gasteiger partial charge in [-0.05, 0) is 82.4 Å². The van der Waals surface area contributed by atoms with Crippen molar-refractivity contribution >= 4 is 10.1 Å². The number of fused-ring (bicyclic) bond motifs is 3. The number of benzene rings is 2. The lowest BCUT2D eigenvalue weighted by Gasteiger charge is -2.48. The largest absolute Gasteiger partial charge is 0.487 e. The van der Waals surface area contributed by atoms with Crippen LogP contribution < -0.4 is 8.92 Å². The molecule has 0 saturated carbocycles. The fourth-order valence-electron chi connectivity index (χ4n) is 5.25. The van der Waals surface area contributed by atoms with Gasteiger partial charge < -0.3 is 14.0 Å². The van der Waals surface area contributed by atoms with Gasteiger partial charge in [-0.1, -0.05) is 43.5 Å². The third-order valence-electron chi connectivity index (χ3n) is 7.28. The zero-order valence-corrected chi connectivity index (χ0v) is 21.6. The first-order valence-electron chi connectivity index (χ1n) is 12.2. The Bertz CT molecular complexity index is 1180. The highest BCUT2D eigenvalue weighted by molar-refractivity contribution is 7.87. The molecule has 0 unspecified atom stereocenters. The molecule has 34 heavy (non-hydrogen) atoms. The molecule has 1 heterocycles. The van der Waals surface area contributed by atoms with Crippen molar-refractivity contribution in [2.24, 2.45) is 5.92 Å². The first-order chi connectivity index (χ1) is 16.0. The third-order valence-corrected chi connectivity index (χ3v) is 8.52. The molecule has 184 valence electrons. The van der Waals surface area contributed by atoms with Crippen molar-refractivity contribution in [3.63, 3.8) is 0 Å². The van der Waals surface area contributed by atoms with Crippen LogP contribution >= 0.6 is 0 Å². The van der Waals surface area contributed by atoms with E-state index in [1.165, 1.54) is 0 Å². The van der Waals surface area contributed by atoms with E-state index in [1.54, 1.807) is 24.3 Å². The van der Waals surface area contributed by atoms with Crippen molar-refractivity contribution in [2.45, 2.75) is 89.2 Å². The molecule has 0 fully saturated rings. The smallest absolute Gasteiger partial charge is 0.339 e. The predicted molar refractivity (Wildman–Crippen MR) is 134 cm³/mol. The van der Waals surface area contributed by atoms with E-state index in [2.05, 4.69) is 13.0 Å². The van der Waals surface area contributed by atoms with Gasteiger partial charge >= 0.3 is 10.1 Å². The fraction of sp³-hybridized carbons (Fsp3) is 0.500. The van der Waals surface area contributed by atoms with E-state index >= 15 is 0 Å². The normalized spacial score (nSPS) is 23.4. The Morgan fingerprint density at radius 3 is 2.50 bits per heavy atom. The minimum Gasteiger partial charge on any atom is -0.487 e. The highest BCUT2D eigenvalue weighted by atomic mass is 32.2. The van der Waals surface area contributed by atoms with Crippen molar-refractivity contribution in [2.75, 3.05) is 0 Å². The molecule has 0 bridgehead atoms. The van der Waals surface area contributed by atoms with E-state index < -0.39 is 21.8 Å². The summed E-state index contributed by atoms with van der Waals surface area (Å²) in [5.74, 6) is 0.567. The number of unbranched alkanes of at least 4 members (excludes halogenated alkanes) is 2. The number of hydrogen-bond acceptors (Lipinski definition) is 5. The number of aryl methyl sites for hydroxylation is 2. The Morgan fingerprint density at radius 2 is 1.82 bits per heavy atom. The SMILES string of the molecule is CCCCCc1cc2c(c(OS(=O)(=O)c3ccc(C)cc3)c1)[C@@H]1[C@H](O)C(C)=CC[C@H]1C(C)(C)O2. The Balaban J connectivity index is 1.84. The van der Waals surface area contributed by atoms with E-state index in [4.69, 9.17) is 8.92 Å². The van der Waals surface area contributed by atoms with E-state index in [0.29, 0.717) is 11.3 Å². The van der Waals surface area contributed by atoms with Crippen molar-refractivity contribution in [3.8, 4) is 11.5 Å². The van der Waals surface area contributed by atoms with Gasteiger partial charge in [-0.25, -0.2) is 0 Å². The molecule has 6 heteroatoms. The molecule has 0 radical (unpaired) electrons. The highest BCUT2D eigenvalue weighted by Crippen LogP contribution is 2.54. The van der Waals surface area contributed by atoms with Gasteiger partial charge in [0.15, 0.2) is 5.75 Å². The van der Waals surface area contributed by atoms with Gasteiger partial charge in [0.2, 0.25) is 0 Å². The van der Waals surface area contributed by atoms with E-state index in [1.807, 2.05) is 39.8 Å². The molecule has 2 aliphatic rings. The highest BCUT2D eigenvalue weighted by Gasteiger charge is 2.49. The van der Waals surface area contributed by atoms with Crippen LogP contribution in [0.3, 0.4) is 0 Å². The monoisotopic (exact) mass is 484 g/mol. The molecule has 4 rings (SSSR count). The molecular formula is C28H36O5S. The maximum Gasteiger partial charge on any atom is 0.339 e. The van der Waals surface area contributed by atoms with Crippen molar-refractivity contribution in [1.82, 2.24) is 0 Å². The summed E-state index contributed by atoms with van der Waals surface area (Å²) in [6.07, 6.45) is 6.08. The van der Waals surface area contributed by atoms with Crippen LogP contribution in [-0.2, 0) is 16.5 Å². The van der Waals surface area contributed by atoms with Crippen LogP contribution in [-0.4, -0.2) is 25.2 Å². The molecule has 2 aromatic rings. The van der Waals surface area contributed by atoms with Crippen LogP contribution in [0.5, 0.6) is 11.5 Å². The maximum absolute atomic E-state index is 13.3. The molecule has 1 aliphatic carbocycles. The van der Waals surface area contributed by atoms with Crippen molar-refractivity contribution < 1.29 is 22.4 Å². The zero-order chi connectivity index (χ0) is 24.7. The zero-order valence-electron chi connectivity index (χ0n) is 20.8. The molecule has 1 aliphatic heterocycles. The fourth-order valence-corrected chi connectivity index (χ4v) is 6.19. The average molecular weight is 485 g/mol. The minimum absolute atomic E-state index is 0.00549. The van der Waals surface area contributed by atoms with Gasteiger partial charge in [0.1, 0.15) is 16.2 Å². The van der Waals surface area contributed by atoms with Gasteiger partial charge in [0.25, 0.3) is 0 Å². The summed E-state index contributed by atoms with van der Waals surface area (Å²) in [4.78, 5) is 0.108. The second-order valence-corrected chi connectivity index (χ2v) is 11.8. The second-order valence-electron chi connectivity index (χ2n) is 10.3. The van der Waals surface area contributed by atoms with Crippen LogP contribution in [0, 0.1) is 12.8 Å². The Kier molecular flexibility index (Phi) is 6.85. The maximum atomic E-state index is 13.3.